The fraction of sp³-hybridized carbons (Fsp3) is 1.00. The van der Waals surface area contributed by atoms with Crippen LogP contribution in [0.4, 0.5) is 0 Å². The molecule has 1 aliphatic heterocycles. The molecule has 0 spiro atoms. The van der Waals surface area contributed by atoms with E-state index in [1.807, 2.05) is 0 Å². The summed E-state index contributed by atoms with van der Waals surface area (Å²) in [5, 5.41) is 36.9. The minimum Gasteiger partial charge on any atom is -0.394 e. The van der Waals surface area contributed by atoms with Crippen LogP contribution in [0, 0.1) is 0 Å². The van der Waals surface area contributed by atoms with Crippen molar-refractivity contribution in [1.82, 2.24) is 0 Å². The Morgan fingerprint density at radius 3 is 2.29 bits per heavy atom. The van der Waals surface area contributed by atoms with Crippen LogP contribution in [0.2, 0.25) is 0 Å². The maximum Gasteiger partial charge on any atom is 0.186 e. The molecule has 6 heteroatoms. The van der Waals surface area contributed by atoms with Gasteiger partial charge < -0.3 is 29.9 Å². The highest BCUT2D eigenvalue weighted by Gasteiger charge is 2.43. The minimum atomic E-state index is -1.36. The first-order valence-electron chi connectivity index (χ1n) is 4.54. The molecule has 0 aromatic rings. The van der Waals surface area contributed by atoms with Crippen LogP contribution < -0.4 is 0 Å². The number of hydrogen-bond acceptors (Lipinski definition) is 6. The Hall–Kier alpha value is -0.240. The summed E-state index contributed by atoms with van der Waals surface area (Å²) in [7, 11) is 0. The van der Waals surface area contributed by atoms with Crippen LogP contribution in [0.5, 0.6) is 0 Å². The van der Waals surface area contributed by atoms with Crippen LogP contribution in [0.25, 0.3) is 0 Å². The van der Waals surface area contributed by atoms with E-state index >= 15 is 0 Å². The van der Waals surface area contributed by atoms with Crippen molar-refractivity contribution in [2.24, 2.45) is 0 Å². The van der Waals surface area contributed by atoms with Crippen LogP contribution in [0.3, 0.4) is 0 Å². The van der Waals surface area contributed by atoms with Gasteiger partial charge in [-0.1, -0.05) is 0 Å². The molecule has 0 aromatic heterocycles. The first-order valence-corrected chi connectivity index (χ1v) is 4.54. The van der Waals surface area contributed by atoms with E-state index in [9.17, 15) is 15.3 Å². The molecule has 2 unspecified atom stereocenters. The molecule has 1 aliphatic rings. The molecule has 0 radical (unpaired) electrons. The molecule has 0 bridgehead atoms. The van der Waals surface area contributed by atoms with Crippen molar-refractivity contribution < 1.29 is 29.9 Å². The predicted octanol–water partition coefficient (Wildman–Crippen LogP) is -2.18. The Morgan fingerprint density at radius 2 is 1.79 bits per heavy atom. The van der Waals surface area contributed by atoms with E-state index in [2.05, 4.69) is 0 Å². The van der Waals surface area contributed by atoms with E-state index in [4.69, 9.17) is 14.6 Å². The fourth-order valence-corrected chi connectivity index (χ4v) is 1.37. The second-order valence-electron chi connectivity index (χ2n) is 3.15. The molecule has 84 valence electrons. The molecule has 0 saturated carbocycles. The molecule has 0 aromatic carbocycles. The van der Waals surface area contributed by atoms with Crippen molar-refractivity contribution in [2.75, 3.05) is 13.2 Å². The smallest absolute Gasteiger partial charge is 0.186 e. The zero-order valence-electron chi connectivity index (χ0n) is 7.91. The fourth-order valence-electron chi connectivity index (χ4n) is 1.37. The molecule has 0 amide bonds. The van der Waals surface area contributed by atoms with E-state index in [0.717, 1.165) is 0 Å². The van der Waals surface area contributed by atoms with Gasteiger partial charge in [-0.3, -0.25) is 0 Å². The summed E-state index contributed by atoms with van der Waals surface area (Å²) in [6, 6.07) is 0. The molecule has 1 saturated heterocycles. The average Bonchev–Trinajstić information content (AvgIpc) is 2.19. The zero-order chi connectivity index (χ0) is 10.7. The van der Waals surface area contributed by atoms with E-state index in [1.165, 1.54) is 0 Å². The molecule has 6 nitrogen and oxygen atoms in total. The first kappa shape index (κ1) is 11.8. The zero-order valence-corrected chi connectivity index (χ0v) is 7.91. The van der Waals surface area contributed by atoms with Crippen LogP contribution in [0.1, 0.15) is 6.92 Å². The second-order valence-corrected chi connectivity index (χ2v) is 3.15. The van der Waals surface area contributed by atoms with Crippen molar-refractivity contribution >= 4 is 0 Å². The highest BCUT2D eigenvalue weighted by molar-refractivity contribution is 4.88. The van der Waals surface area contributed by atoms with Gasteiger partial charge in [0.2, 0.25) is 0 Å². The van der Waals surface area contributed by atoms with Crippen molar-refractivity contribution in [2.45, 2.75) is 37.6 Å². The molecule has 1 heterocycles. The SMILES string of the molecule is CCO[C@@H]1OC(CO)[C@@H](O)[C@H](O)C1O. The third kappa shape index (κ3) is 2.22. The van der Waals surface area contributed by atoms with Gasteiger partial charge in [0.25, 0.3) is 0 Å². The molecule has 1 fully saturated rings. The highest BCUT2D eigenvalue weighted by Crippen LogP contribution is 2.21. The lowest BCUT2D eigenvalue weighted by Gasteiger charge is -2.39. The second kappa shape index (κ2) is 5.01. The van der Waals surface area contributed by atoms with Gasteiger partial charge in [-0.15, -0.1) is 0 Å². The Bertz CT molecular complexity index is 171. The molecule has 5 atom stereocenters. The van der Waals surface area contributed by atoms with Crippen LogP contribution in [0.15, 0.2) is 0 Å². The third-order valence-corrected chi connectivity index (χ3v) is 2.18. The van der Waals surface area contributed by atoms with Gasteiger partial charge in [0, 0.05) is 6.61 Å². The van der Waals surface area contributed by atoms with Gasteiger partial charge in [-0.05, 0) is 6.92 Å². The first-order chi connectivity index (χ1) is 6.61. The molecular weight excluding hydrogens is 192 g/mol. The third-order valence-electron chi connectivity index (χ3n) is 2.18. The van der Waals surface area contributed by atoms with Gasteiger partial charge >= 0.3 is 0 Å². The van der Waals surface area contributed by atoms with Gasteiger partial charge in [-0.25, -0.2) is 0 Å². The maximum absolute atomic E-state index is 9.41. The standard InChI is InChI=1S/C8H16O6/c1-2-13-8-7(12)6(11)5(10)4(3-9)14-8/h4-12H,2-3H2,1H3/t4?,5-,6+,7?,8-/m1/s1. The summed E-state index contributed by atoms with van der Waals surface area (Å²) in [6.45, 7) is 1.58. The lowest BCUT2D eigenvalue weighted by Crippen LogP contribution is -2.59. The molecule has 4 N–H and O–H groups in total. The molecular formula is C8H16O6. The minimum absolute atomic E-state index is 0.308. The Kier molecular flexibility index (Phi) is 4.24. The van der Waals surface area contributed by atoms with E-state index < -0.39 is 37.3 Å². The van der Waals surface area contributed by atoms with Crippen LogP contribution in [-0.4, -0.2) is 64.3 Å². The topological polar surface area (TPSA) is 99.4 Å². The largest absolute Gasteiger partial charge is 0.394 e. The predicted molar refractivity (Wildman–Crippen MR) is 45.4 cm³/mol. The van der Waals surface area contributed by atoms with Gasteiger partial charge in [0.05, 0.1) is 6.61 Å². The van der Waals surface area contributed by atoms with Gasteiger partial charge in [0.1, 0.15) is 24.4 Å². The number of hydrogen-bond donors (Lipinski definition) is 4. The molecule has 1 rings (SSSR count). The number of ether oxygens (including phenoxy) is 2. The summed E-state index contributed by atoms with van der Waals surface area (Å²) in [6.07, 6.45) is -5.89. The Balaban J connectivity index is 2.63. The normalized spacial score (nSPS) is 43.9. The van der Waals surface area contributed by atoms with Gasteiger partial charge in [0.15, 0.2) is 6.29 Å². The maximum atomic E-state index is 9.41. The van der Waals surface area contributed by atoms with Gasteiger partial charge in [-0.2, -0.15) is 0 Å². The van der Waals surface area contributed by atoms with E-state index in [1.54, 1.807) is 6.92 Å². The molecule has 14 heavy (non-hydrogen) atoms. The van der Waals surface area contributed by atoms with Crippen molar-refractivity contribution in [1.29, 1.82) is 0 Å². The quantitative estimate of drug-likeness (QED) is 0.421. The van der Waals surface area contributed by atoms with E-state index in [-0.39, 0.29) is 0 Å². The lowest BCUT2D eigenvalue weighted by atomic mass is 9.99. The monoisotopic (exact) mass is 208 g/mol. The number of aliphatic hydroxyl groups is 4. The lowest BCUT2D eigenvalue weighted by molar-refractivity contribution is -0.300. The highest BCUT2D eigenvalue weighted by atomic mass is 16.7. The van der Waals surface area contributed by atoms with Crippen LogP contribution >= 0.6 is 0 Å². The van der Waals surface area contributed by atoms with Crippen molar-refractivity contribution in [3.8, 4) is 0 Å². The summed E-state index contributed by atoms with van der Waals surface area (Å²) in [5.41, 5.74) is 0. The van der Waals surface area contributed by atoms with E-state index in [0.29, 0.717) is 6.61 Å². The van der Waals surface area contributed by atoms with Crippen molar-refractivity contribution in [3.05, 3.63) is 0 Å². The number of aliphatic hydroxyl groups excluding tert-OH is 4. The summed E-state index contributed by atoms with van der Waals surface area (Å²) >= 11 is 0. The Morgan fingerprint density at radius 1 is 1.14 bits per heavy atom. The summed E-state index contributed by atoms with van der Waals surface area (Å²) in [5.74, 6) is 0. The van der Waals surface area contributed by atoms with Crippen LogP contribution in [-0.2, 0) is 9.47 Å². The molecule has 0 aliphatic carbocycles. The number of rotatable bonds is 3. The van der Waals surface area contributed by atoms with Crippen molar-refractivity contribution in [3.63, 3.8) is 0 Å². The Labute approximate surface area is 81.7 Å². The summed E-state index contributed by atoms with van der Waals surface area (Å²) < 4.78 is 10.0. The summed E-state index contributed by atoms with van der Waals surface area (Å²) in [4.78, 5) is 0. The average molecular weight is 208 g/mol.